The molecule has 188 valence electrons. The predicted molar refractivity (Wildman–Crippen MR) is 118 cm³/mol. The summed E-state index contributed by atoms with van der Waals surface area (Å²) >= 11 is 5.66. The maximum atomic E-state index is 11.2. The number of sulfonamides is 1. The zero-order valence-electron chi connectivity index (χ0n) is 16.3. The topological polar surface area (TPSA) is 286 Å². The highest BCUT2D eigenvalue weighted by Gasteiger charge is 2.22. The van der Waals surface area contributed by atoms with Crippen molar-refractivity contribution in [2.75, 3.05) is 28.3 Å². The quantitative estimate of drug-likeness (QED) is 0.192. The zero-order chi connectivity index (χ0) is 26.3. The van der Waals surface area contributed by atoms with E-state index in [0.29, 0.717) is 17.6 Å². The van der Waals surface area contributed by atoms with Crippen LogP contribution in [0.2, 0.25) is 5.28 Å². The van der Waals surface area contributed by atoms with E-state index in [9.17, 15) is 33.7 Å². The Balaban J connectivity index is 0.000000652. The third-order valence-corrected chi connectivity index (χ3v) is 5.22. The summed E-state index contributed by atoms with van der Waals surface area (Å²) in [4.78, 5) is 11.3. The number of aromatic nitrogens is 3. The van der Waals surface area contributed by atoms with E-state index in [0.717, 1.165) is 6.26 Å². The Bertz CT molecular complexity index is 1340. The van der Waals surface area contributed by atoms with Gasteiger partial charge in [0.15, 0.2) is 0 Å². The average molecular weight is 573 g/mol. The Morgan fingerprint density at radius 3 is 1.70 bits per heavy atom. The first-order chi connectivity index (χ1) is 14.6. The standard InChI is InChI=1S/C10H11ClN6O2S.CH4O3S.H2O6S2/c1-20(18,19)17-7-4-2-3-6(5-7)13-10-15-8(11)14-9(12)16-10;1-5(2,3)4;1-7(2,3)8(4,5)6/h2-5,17H,1H3,(H3,12,13,14,15,16);1H3,(H,2,3,4);(H,1,2,3)(H,4,5,6). The Hall–Kier alpha value is -2.40. The van der Waals surface area contributed by atoms with Crippen LogP contribution in [-0.2, 0) is 38.4 Å². The normalized spacial score (nSPS) is 11.8. The van der Waals surface area contributed by atoms with Crippen LogP contribution in [0.1, 0.15) is 0 Å². The molecule has 0 atom stereocenters. The van der Waals surface area contributed by atoms with Crippen molar-refractivity contribution < 1.29 is 47.3 Å². The maximum Gasteiger partial charge on any atom is 0.397 e. The lowest BCUT2D eigenvalue weighted by molar-refractivity contribution is 0.460. The van der Waals surface area contributed by atoms with Gasteiger partial charge in [0.1, 0.15) is 0 Å². The predicted octanol–water partition coefficient (Wildman–Crippen LogP) is -0.597. The summed E-state index contributed by atoms with van der Waals surface area (Å²) in [5.41, 5.74) is 6.43. The molecule has 0 aliphatic rings. The largest absolute Gasteiger partial charge is 0.397 e. The maximum absolute atomic E-state index is 11.2. The summed E-state index contributed by atoms with van der Waals surface area (Å²) in [5.74, 6) is 0.150. The molecule has 1 aromatic carbocycles. The van der Waals surface area contributed by atoms with Crippen molar-refractivity contribution in [2.45, 2.75) is 0 Å². The number of nitrogens with one attached hydrogen (secondary N) is 2. The molecule has 0 aliphatic carbocycles. The summed E-state index contributed by atoms with van der Waals surface area (Å²) in [7, 11) is -17.6. The minimum absolute atomic E-state index is 0.0158. The molecular weight excluding hydrogens is 556 g/mol. The average Bonchev–Trinajstić information content (AvgIpc) is 2.49. The minimum atomic E-state index is -5.31. The van der Waals surface area contributed by atoms with Gasteiger partial charge in [-0.25, -0.2) is 8.42 Å². The number of hydrogen-bond acceptors (Lipinski definition) is 13. The number of hydrogen-bond donors (Lipinski definition) is 6. The molecule has 0 unspecified atom stereocenters. The first-order valence-electron chi connectivity index (χ1n) is 7.46. The molecule has 17 nitrogen and oxygen atoms in total. The van der Waals surface area contributed by atoms with Crippen LogP contribution >= 0.6 is 11.6 Å². The third kappa shape index (κ3) is 15.9. The molecule has 0 aliphatic heterocycles. The van der Waals surface area contributed by atoms with Crippen molar-refractivity contribution in [2.24, 2.45) is 0 Å². The smallest absolute Gasteiger partial charge is 0.368 e. The minimum Gasteiger partial charge on any atom is -0.368 e. The third-order valence-electron chi connectivity index (χ3n) is 2.31. The number of anilines is 4. The number of nitrogen functional groups attached to an aromatic ring is 1. The van der Waals surface area contributed by atoms with Crippen molar-refractivity contribution in [1.29, 1.82) is 0 Å². The lowest BCUT2D eigenvalue weighted by atomic mass is 10.3. The molecule has 2 aromatic rings. The molecule has 0 bridgehead atoms. The van der Waals surface area contributed by atoms with Crippen molar-refractivity contribution >= 4 is 73.3 Å². The Morgan fingerprint density at radius 1 is 0.848 bits per heavy atom. The molecule has 0 saturated carbocycles. The molecule has 33 heavy (non-hydrogen) atoms. The zero-order valence-corrected chi connectivity index (χ0v) is 20.4. The van der Waals surface area contributed by atoms with Gasteiger partial charge in [0, 0.05) is 5.69 Å². The van der Waals surface area contributed by atoms with Gasteiger partial charge < -0.3 is 11.1 Å². The number of nitrogens with zero attached hydrogens (tertiary/aromatic N) is 3. The fourth-order valence-electron chi connectivity index (χ4n) is 1.42. The fraction of sp³-hybridized carbons (Fsp3) is 0.182. The monoisotopic (exact) mass is 572 g/mol. The fourth-order valence-corrected chi connectivity index (χ4v) is 2.15. The van der Waals surface area contributed by atoms with E-state index in [1.54, 1.807) is 24.3 Å². The van der Waals surface area contributed by atoms with Gasteiger partial charge in [0.2, 0.25) is 27.2 Å². The van der Waals surface area contributed by atoms with Crippen LogP contribution in [0.15, 0.2) is 24.3 Å². The van der Waals surface area contributed by atoms with Gasteiger partial charge in [-0.2, -0.15) is 40.2 Å². The molecule has 7 N–H and O–H groups in total. The Kier molecular flexibility index (Phi) is 10.8. The van der Waals surface area contributed by atoms with Crippen LogP contribution in [0.25, 0.3) is 0 Å². The molecule has 1 aromatic heterocycles. The van der Waals surface area contributed by atoms with E-state index in [1.165, 1.54) is 0 Å². The molecule has 0 saturated heterocycles. The van der Waals surface area contributed by atoms with Crippen molar-refractivity contribution in [1.82, 2.24) is 15.0 Å². The SMILES string of the molecule is CS(=O)(=O)Nc1cccc(Nc2nc(N)nc(Cl)n2)c1.CS(=O)(=O)O.O=S(=O)(O)S(=O)(=O)O. The van der Waals surface area contributed by atoms with Crippen molar-refractivity contribution in [3.63, 3.8) is 0 Å². The second-order valence-electron chi connectivity index (χ2n) is 5.45. The molecule has 2 rings (SSSR count). The summed E-state index contributed by atoms with van der Waals surface area (Å²) < 4.78 is 103. The van der Waals surface area contributed by atoms with E-state index in [1.807, 2.05) is 0 Å². The van der Waals surface area contributed by atoms with Crippen LogP contribution in [0.4, 0.5) is 23.3 Å². The second-order valence-corrected chi connectivity index (χ2v) is 13.2. The van der Waals surface area contributed by atoms with E-state index in [4.69, 9.17) is 31.0 Å². The van der Waals surface area contributed by atoms with Gasteiger partial charge in [0.25, 0.3) is 10.1 Å². The summed E-state index contributed by atoms with van der Waals surface area (Å²) in [6.45, 7) is 0. The van der Waals surface area contributed by atoms with Crippen molar-refractivity contribution in [3.8, 4) is 0 Å². The lowest BCUT2D eigenvalue weighted by Crippen LogP contribution is -2.11. The Labute approximate surface area is 193 Å². The number of rotatable bonds is 5. The van der Waals surface area contributed by atoms with E-state index in [-0.39, 0.29) is 17.2 Å². The molecule has 1 heterocycles. The van der Waals surface area contributed by atoms with Gasteiger partial charge in [-0.1, -0.05) is 6.07 Å². The lowest BCUT2D eigenvalue weighted by Gasteiger charge is -2.08. The highest BCUT2D eigenvalue weighted by Crippen LogP contribution is 2.19. The van der Waals surface area contributed by atoms with Gasteiger partial charge in [-0.05, 0) is 29.8 Å². The first-order valence-corrected chi connectivity index (χ1v) is 15.0. The van der Waals surface area contributed by atoms with Gasteiger partial charge >= 0.3 is 18.3 Å². The number of benzene rings is 1. The molecule has 0 spiro atoms. The van der Waals surface area contributed by atoms with Crippen LogP contribution in [0.5, 0.6) is 0 Å². The summed E-state index contributed by atoms with van der Waals surface area (Å²) in [6.07, 6.45) is 1.78. The second kappa shape index (κ2) is 11.6. The van der Waals surface area contributed by atoms with E-state index in [2.05, 4.69) is 25.0 Å². The molecule has 22 heteroatoms. The van der Waals surface area contributed by atoms with Crippen LogP contribution < -0.4 is 15.8 Å². The van der Waals surface area contributed by atoms with Gasteiger partial charge in [0.05, 0.1) is 18.2 Å². The summed E-state index contributed by atoms with van der Waals surface area (Å²) in [5, 5.41) is 2.81. The van der Waals surface area contributed by atoms with Crippen LogP contribution in [0.3, 0.4) is 0 Å². The Morgan fingerprint density at radius 2 is 1.30 bits per heavy atom. The molecule has 0 amide bonds. The molecular formula is C11H17ClN6O11S4. The molecule has 0 radical (unpaired) electrons. The van der Waals surface area contributed by atoms with Crippen molar-refractivity contribution in [3.05, 3.63) is 29.5 Å². The highest BCUT2D eigenvalue weighted by molar-refractivity contribution is 8.62. The van der Waals surface area contributed by atoms with Gasteiger partial charge in [-0.15, -0.1) is 0 Å². The van der Waals surface area contributed by atoms with E-state index < -0.39 is 38.4 Å². The molecule has 0 fully saturated rings. The number of halogens is 1. The highest BCUT2D eigenvalue weighted by atomic mass is 35.5. The van der Waals surface area contributed by atoms with Crippen LogP contribution in [-0.4, -0.2) is 74.8 Å². The van der Waals surface area contributed by atoms with Crippen LogP contribution in [0, 0.1) is 0 Å². The van der Waals surface area contributed by atoms with Gasteiger partial charge in [-0.3, -0.25) is 18.4 Å². The van der Waals surface area contributed by atoms with E-state index >= 15 is 0 Å². The summed E-state index contributed by atoms with van der Waals surface area (Å²) in [6, 6.07) is 6.57. The first kappa shape index (κ1) is 30.6. The number of nitrogens with two attached hydrogens (primary N) is 1.